The van der Waals surface area contributed by atoms with Crippen LogP contribution in [0.4, 0.5) is 0 Å². The minimum absolute atomic E-state index is 0.0339. The molecule has 0 saturated heterocycles. The zero-order valence-corrected chi connectivity index (χ0v) is 15.4. The zero-order chi connectivity index (χ0) is 19.9. The van der Waals surface area contributed by atoms with E-state index in [4.69, 9.17) is 4.74 Å². The van der Waals surface area contributed by atoms with Gasteiger partial charge in [-0.1, -0.05) is 48.5 Å². The molecule has 1 heterocycles. The van der Waals surface area contributed by atoms with E-state index >= 15 is 0 Å². The van der Waals surface area contributed by atoms with Crippen LogP contribution in [0.2, 0.25) is 0 Å². The van der Waals surface area contributed by atoms with Crippen LogP contribution < -0.4 is 16.6 Å². The summed E-state index contributed by atoms with van der Waals surface area (Å²) in [5, 5.41) is 6.62. The maximum Gasteiger partial charge on any atom is 0.352 e. The number of aromatic nitrogens is 3. The lowest BCUT2D eigenvalue weighted by Crippen LogP contribution is -2.46. The summed E-state index contributed by atoms with van der Waals surface area (Å²) in [4.78, 5) is 38.3. The molecule has 0 fully saturated rings. The Morgan fingerprint density at radius 2 is 1.68 bits per heavy atom. The average Bonchev–Trinajstić information content (AvgIpc) is 2.73. The molecule has 2 aromatic carbocycles. The lowest BCUT2D eigenvalue weighted by molar-refractivity contribution is 0.0927. The Hall–Kier alpha value is -3.52. The molecule has 1 N–H and O–H groups in total. The summed E-state index contributed by atoms with van der Waals surface area (Å²) < 4.78 is 6.98. The maximum absolute atomic E-state index is 12.9. The second kappa shape index (κ2) is 8.92. The number of ether oxygens (including phenoxy) is 1. The molecule has 0 unspecified atom stereocenters. The summed E-state index contributed by atoms with van der Waals surface area (Å²) in [5.74, 6) is -0.659. The summed E-state index contributed by atoms with van der Waals surface area (Å²) in [5.41, 5.74) is -0.488. The first-order valence-electron chi connectivity index (χ1n) is 8.72. The second-order valence-corrected chi connectivity index (χ2v) is 6.00. The van der Waals surface area contributed by atoms with E-state index < -0.39 is 17.2 Å². The van der Waals surface area contributed by atoms with Crippen LogP contribution in [0.5, 0.6) is 0 Å². The van der Waals surface area contributed by atoms with Gasteiger partial charge >= 0.3 is 5.69 Å². The second-order valence-electron chi connectivity index (χ2n) is 6.00. The molecule has 0 bridgehead atoms. The Morgan fingerprint density at radius 3 is 2.32 bits per heavy atom. The SMILES string of the molecule is COCCNC(=O)c1nn(-c2ccccc2)c(=O)n(Cc2ccccc2)c1=O. The molecule has 0 saturated carbocycles. The van der Waals surface area contributed by atoms with Gasteiger partial charge in [0.05, 0.1) is 18.8 Å². The molecule has 8 heteroatoms. The van der Waals surface area contributed by atoms with Crippen molar-refractivity contribution in [3.8, 4) is 5.69 Å². The van der Waals surface area contributed by atoms with Crippen LogP contribution in [-0.2, 0) is 11.3 Å². The van der Waals surface area contributed by atoms with Crippen LogP contribution in [0.1, 0.15) is 16.1 Å². The number of carbonyl (C=O) groups is 1. The van der Waals surface area contributed by atoms with Crippen molar-refractivity contribution in [2.75, 3.05) is 20.3 Å². The van der Waals surface area contributed by atoms with Crippen LogP contribution >= 0.6 is 0 Å². The fraction of sp³-hybridized carbons (Fsp3) is 0.200. The van der Waals surface area contributed by atoms with Crippen LogP contribution in [0.15, 0.2) is 70.3 Å². The number of nitrogens with one attached hydrogen (secondary N) is 1. The molecule has 0 spiro atoms. The first kappa shape index (κ1) is 19.2. The summed E-state index contributed by atoms with van der Waals surface area (Å²) in [7, 11) is 1.51. The van der Waals surface area contributed by atoms with Gasteiger partial charge in [-0.3, -0.25) is 14.2 Å². The van der Waals surface area contributed by atoms with Crippen molar-refractivity contribution in [1.82, 2.24) is 19.7 Å². The van der Waals surface area contributed by atoms with E-state index in [2.05, 4.69) is 10.4 Å². The van der Waals surface area contributed by atoms with E-state index in [1.165, 1.54) is 7.11 Å². The van der Waals surface area contributed by atoms with Crippen molar-refractivity contribution in [2.24, 2.45) is 0 Å². The predicted octanol–water partition coefficient (Wildman–Crippen LogP) is 0.819. The Morgan fingerprint density at radius 1 is 1.04 bits per heavy atom. The number of para-hydroxylation sites is 1. The molecule has 144 valence electrons. The molecule has 1 aromatic heterocycles. The molecular formula is C20H20N4O4. The number of carbonyl (C=O) groups excluding carboxylic acids is 1. The number of benzene rings is 2. The normalized spacial score (nSPS) is 10.6. The Labute approximate surface area is 161 Å². The molecule has 0 aliphatic carbocycles. The van der Waals surface area contributed by atoms with Gasteiger partial charge in [-0.2, -0.15) is 9.78 Å². The van der Waals surface area contributed by atoms with E-state index in [0.717, 1.165) is 14.8 Å². The third kappa shape index (κ3) is 4.24. The summed E-state index contributed by atoms with van der Waals surface area (Å²) in [6.45, 7) is 0.550. The Bertz CT molecular complexity index is 1060. The highest BCUT2D eigenvalue weighted by Gasteiger charge is 2.20. The molecule has 8 nitrogen and oxygen atoms in total. The van der Waals surface area contributed by atoms with E-state index in [1.54, 1.807) is 42.5 Å². The number of nitrogens with zero attached hydrogens (tertiary/aromatic N) is 3. The third-order valence-electron chi connectivity index (χ3n) is 4.05. The summed E-state index contributed by atoms with van der Waals surface area (Å²) in [6, 6.07) is 17.7. The van der Waals surface area contributed by atoms with Gasteiger partial charge in [-0.05, 0) is 17.7 Å². The van der Waals surface area contributed by atoms with Gasteiger partial charge in [-0.25, -0.2) is 4.79 Å². The number of rotatable bonds is 7. The van der Waals surface area contributed by atoms with E-state index in [0.29, 0.717) is 12.3 Å². The summed E-state index contributed by atoms with van der Waals surface area (Å²) >= 11 is 0. The first-order chi connectivity index (χ1) is 13.6. The highest BCUT2D eigenvalue weighted by molar-refractivity contribution is 5.91. The molecule has 1 amide bonds. The van der Waals surface area contributed by atoms with E-state index in [9.17, 15) is 14.4 Å². The van der Waals surface area contributed by atoms with Crippen molar-refractivity contribution in [2.45, 2.75) is 6.54 Å². The number of hydrogen-bond acceptors (Lipinski definition) is 5. The monoisotopic (exact) mass is 380 g/mol. The number of methoxy groups -OCH3 is 1. The average molecular weight is 380 g/mol. The quantitative estimate of drug-likeness (QED) is 0.613. The molecular weight excluding hydrogens is 360 g/mol. The molecule has 0 aliphatic rings. The smallest absolute Gasteiger partial charge is 0.352 e. The largest absolute Gasteiger partial charge is 0.383 e. The van der Waals surface area contributed by atoms with E-state index in [1.807, 2.05) is 18.2 Å². The molecule has 0 aliphatic heterocycles. The van der Waals surface area contributed by atoms with Gasteiger partial charge in [0.2, 0.25) is 5.69 Å². The zero-order valence-electron chi connectivity index (χ0n) is 15.4. The minimum atomic E-state index is -0.740. The van der Waals surface area contributed by atoms with Crippen molar-refractivity contribution in [3.05, 3.63) is 92.8 Å². The lowest BCUT2D eigenvalue weighted by Gasteiger charge is -2.12. The van der Waals surface area contributed by atoms with Crippen LogP contribution in [0, 0.1) is 0 Å². The van der Waals surface area contributed by atoms with Gasteiger partial charge in [-0.15, -0.1) is 0 Å². The summed E-state index contributed by atoms with van der Waals surface area (Å²) in [6.07, 6.45) is 0. The Balaban J connectivity index is 2.12. The molecule has 0 radical (unpaired) electrons. The Kier molecular flexibility index (Phi) is 6.13. The van der Waals surface area contributed by atoms with Crippen molar-refractivity contribution >= 4 is 5.91 Å². The maximum atomic E-state index is 12.9. The highest BCUT2D eigenvalue weighted by atomic mass is 16.5. The van der Waals surface area contributed by atoms with E-state index in [-0.39, 0.29) is 18.8 Å². The van der Waals surface area contributed by atoms with Crippen molar-refractivity contribution in [1.29, 1.82) is 0 Å². The molecule has 0 atom stereocenters. The molecule has 3 aromatic rings. The minimum Gasteiger partial charge on any atom is -0.383 e. The number of amides is 1. The third-order valence-corrected chi connectivity index (χ3v) is 4.05. The fourth-order valence-corrected chi connectivity index (χ4v) is 2.65. The topological polar surface area (TPSA) is 95.2 Å². The molecule has 3 rings (SSSR count). The molecule has 28 heavy (non-hydrogen) atoms. The highest BCUT2D eigenvalue weighted by Crippen LogP contribution is 2.03. The van der Waals surface area contributed by atoms with Gasteiger partial charge in [0.1, 0.15) is 0 Å². The van der Waals surface area contributed by atoms with Gasteiger partial charge in [0.25, 0.3) is 11.5 Å². The van der Waals surface area contributed by atoms with Gasteiger partial charge < -0.3 is 10.1 Å². The van der Waals surface area contributed by atoms with Crippen LogP contribution in [0.3, 0.4) is 0 Å². The van der Waals surface area contributed by atoms with Gasteiger partial charge in [0, 0.05) is 13.7 Å². The predicted molar refractivity (Wildman–Crippen MR) is 104 cm³/mol. The van der Waals surface area contributed by atoms with Gasteiger partial charge in [0.15, 0.2) is 0 Å². The van der Waals surface area contributed by atoms with Crippen molar-refractivity contribution in [3.63, 3.8) is 0 Å². The van der Waals surface area contributed by atoms with Crippen molar-refractivity contribution < 1.29 is 9.53 Å². The van der Waals surface area contributed by atoms with Crippen LogP contribution in [-0.4, -0.2) is 40.5 Å². The standard InChI is InChI=1S/C20H20N4O4/c1-28-13-12-21-18(25)17-19(26)23(14-15-8-4-2-5-9-15)20(27)24(22-17)16-10-6-3-7-11-16/h2-11H,12-14H2,1H3,(H,21,25). The van der Waals surface area contributed by atoms with Crippen LogP contribution in [0.25, 0.3) is 5.69 Å². The first-order valence-corrected chi connectivity index (χ1v) is 8.72. The number of hydrogen-bond donors (Lipinski definition) is 1. The lowest BCUT2D eigenvalue weighted by atomic mass is 10.2. The fourth-order valence-electron chi connectivity index (χ4n) is 2.65.